The van der Waals surface area contributed by atoms with Crippen molar-refractivity contribution in [2.75, 3.05) is 36.0 Å². The minimum Gasteiger partial charge on any atom is -0.396 e. The molecule has 3 heterocycles. The molecule has 3 amide bonds. The maximum Gasteiger partial charge on any atom is 0.251 e. The minimum atomic E-state index is -0.790. The van der Waals surface area contributed by atoms with Gasteiger partial charge in [0.05, 0.1) is 27.3 Å². The van der Waals surface area contributed by atoms with Crippen LogP contribution in [0.4, 0.5) is 11.4 Å². The number of thioether (sulfide) groups is 1. The summed E-state index contributed by atoms with van der Waals surface area (Å²) in [6.45, 7) is 8.73. The Morgan fingerprint density at radius 3 is 2.37 bits per heavy atom. The maximum absolute atomic E-state index is 14.7. The van der Waals surface area contributed by atoms with Gasteiger partial charge < -0.3 is 19.8 Å². The molecule has 3 unspecified atom stereocenters. The van der Waals surface area contributed by atoms with Gasteiger partial charge in [-0.3, -0.25) is 14.4 Å². The lowest BCUT2D eigenvalue weighted by Gasteiger charge is -2.38. The Morgan fingerprint density at radius 2 is 1.70 bits per heavy atom. The molecule has 2 aromatic carbocycles. The number of fused-ring (bicyclic) bond motifs is 1. The van der Waals surface area contributed by atoms with Crippen LogP contribution >= 0.6 is 39.3 Å². The normalized spacial score (nSPS) is 27.2. The summed E-state index contributed by atoms with van der Waals surface area (Å²) < 4.78 is -0.790. The van der Waals surface area contributed by atoms with Crippen LogP contribution in [0.15, 0.2) is 79.9 Å². The third-order valence-electron chi connectivity index (χ3n) is 8.73. The van der Waals surface area contributed by atoms with E-state index in [2.05, 4.69) is 29.1 Å². The molecule has 3 saturated heterocycles. The van der Waals surface area contributed by atoms with Crippen molar-refractivity contribution >= 4 is 68.4 Å². The first-order valence-corrected chi connectivity index (χ1v) is 16.9. The number of nitrogens with zero attached hydrogens (tertiary/aromatic N) is 3. The average molecular weight is 687 g/mol. The van der Waals surface area contributed by atoms with Gasteiger partial charge in [0.2, 0.25) is 11.8 Å². The predicted octanol–water partition coefficient (Wildman–Crippen LogP) is 5.71. The van der Waals surface area contributed by atoms with Crippen molar-refractivity contribution in [1.82, 2.24) is 4.90 Å². The van der Waals surface area contributed by atoms with Crippen LogP contribution in [-0.4, -0.2) is 74.8 Å². The number of hydrogen-bond donors (Lipinski definition) is 1. The molecule has 7 nitrogen and oxygen atoms in total. The fourth-order valence-electron chi connectivity index (χ4n) is 7.00. The molecule has 2 aromatic rings. The Labute approximate surface area is 271 Å². The molecule has 228 valence electrons. The summed E-state index contributed by atoms with van der Waals surface area (Å²) in [5.41, 5.74) is 1.30. The van der Waals surface area contributed by atoms with E-state index >= 15 is 0 Å². The number of carbonyl (C=O) groups excluding carboxylic acids is 3. The second-order valence-electron chi connectivity index (χ2n) is 11.2. The third-order valence-corrected chi connectivity index (χ3v) is 12.3. The van der Waals surface area contributed by atoms with E-state index in [0.29, 0.717) is 43.1 Å². The molecule has 0 saturated carbocycles. The second kappa shape index (κ2) is 13.6. The van der Waals surface area contributed by atoms with Crippen LogP contribution in [0.1, 0.15) is 25.7 Å². The van der Waals surface area contributed by atoms with Gasteiger partial charge in [0.1, 0.15) is 6.04 Å². The molecule has 2 bridgehead atoms. The smallest absolute Gasteiger partial charge is 0.251 e. The third kappa shape index (κ3) is 5.70. The first-order chi connectivity index (χ1) is 20.8. The maximum atomic E-state index is 14.7. The number of alkyl halides is 1. The van der Waals surface area contributed by atoms with E-state index in [4.69, 9.17) is 11.6 Å². The number of carbonyl (C=O) groups is 3. The molecule has 3 aliphatic heterocycles. The first kappa shape index (κ1) is 31.8. The van der Waals surface area contributed by atoms with Gasteiger partial charge in [0.15, 0.2) is 0 Å². The van der Waals surface area contributed by atoms with Gasteiger partial charge >= 0.3 is 0 Å². The highest BCUT2D eigenvalue weighted by Gasteiger charge is 2.76. The number of para-hydroxylation sites is 2. The van der Waals surface area contributed by atoms with Gasteiger partial charge in [-0.15, -0.1) is 24.9 Å². The first-order valence-electron chi connectivity index (χ1n) is 14.7. The Morgan fingerprint density at radius 1 is 1.02 bits per heavy atom. The summed E-state index contributed by atoms with van der Waals surface area (Å²) in [4.78, 5) is 48.7. The standard InChI is InChI=1S/C33H37BrClN3O4S/c1-3-17-36(22-13-7-5-8-14-22)30(40)26-27-31(41)38(19-11-6-12-20-39)29(33(27)21-23(34)28(26)43-33)32(42)37(18-4-2)25-16-10-9-15-24(25)35/h3-5,7-10,13-16,23,26-29,39H,1-2,6,11-12,17-21H2/t23?,26-,27-,28-,29?,33?/m0/s1. The fourth-order valence-corrected chi connectivity index (χ4v) is 10.8. The van der Waals surface area contributed by atoms with E-state index in [1.807, 2.05) is 42.5 Å². The van der Waals surface area contributed by atoms with E-state index in [1.54, 1.807) is 50.7 Å². The van der Waals surface area contributed by atoms with Crippen molar-refractivity contribution in [3.05, 3.63) is 84.9 Å². The molecule has 0 radical (unpaired) electrons. The average Bonchev–Trinajstić information content (AvgIpc) is 3.60. The number of rotatable bonds is 13. The van der Waals surface area contributed by atoms with Crippen LogP contribution in [-0.2, 0) is 14.4 Å². The van der Waals surface area contributed by atoms with Crippen LogP contribution in [0.25, 0.3) is 0 Å². The number of halogens is 2. The van der Waals surface area contributed by atoms with Gasteiger partial charge in [-0.05, 0) is 49.9 Å². The van der Waals surface area contributed by atoms with Gasteiger partial charge in [0.25, 0.3) is 5.91 Å². The summed E-state index contributed by atoms with van der Waals surface area (Å²) in [6.07, 6.45) is 5.92. The zero-order valence-corrected chi connectivity index (χ0v) is 27.1. The molecule has 3 aliphatic rings. The molecule has 1 spiro atoms. The van der Waals surface area contributed by atoms with Crippen molar-refractivity contribution in [3.63, 3.8) is 0 Å². The Kier molecular flexibility index (Phi) is 10.1. The molecular weight excluding hydrogens is 650 g/mol. The molecule has 10 heteroatoms. The molecular formula is C33H37BrClN3O4S. The number of benzene rings is 2. The van der Waals surface area contributed by atoms with Crippen molar-refractivity contribution < 1.29 is 19.5 Å². The fraction of sp³-hybridized carbons (Fsp3) is 0.424. The number of likely N-dealkylation sites (tertiary alicyclic amines) is 1. The van der Waals surface area contributed by atoms with E-state index < -0.39 is 22.6 Å². The topological polar surface area (TPSA) is 81.2 Å². The summed E-state index contributed by atoms with van der Waals surface area (Å²) in [6, 6.07) is 15.8. The Hall–Kier alpha value is -2.59. The molecule has 3 fully saturated rings. The zero-order valence-electron chi connectivity index (χ0n) is 24.0. The molecule has 0 aromatic heterocycles. The molecule has 43 heavy (non-hydrogen) atoms. The van der Waals surface area contributed by atoms with E-state index in [-0.39, 0.29) is 41.0 Å². The zero-order chi connectivity index (χ0) is 30.7. The number of unbranched alkanes of at least 4 members (excludes halogenated alkanes) is 2. The van der Waals surface area contributed by atoms with Crippen LogP contribution in [0.2, 0.25) is 5.02 Å². The largest absolute Gasteiger partial charge is 0.396 e. The van der Waals surface area contributed by atoms with Gasteiger partial charge in [-0.2, -0.15) is 0 Å². The highest BCUT2D eigenvalue weighted by Crippen LogP contribution is 2.68. The number of aliphatic hydroxyl groups excluding tert-OH is 1. The van der Waals surface area contributed by atoms with Crippen molar-refractivity contribution in [1.29, 1.82) is 0 Å². The van der Waals surface area contributed by atoms with E-state index in [9.17, 15) is 19.5 Å². The summed E-state index contributed by atoms with van der Waals surface area (Å²) in [5.74, 6) is -1.77. The van der Waals surface area contributed by atoms with Gasteiger partial charge in [-0.25, -0.2) is 0 Å². The predicted molar refractivity (Wildman–Crippen MR) is 178 cm³/mol. The molecule has 5 rings (SSSR count). The van der Waals surface area contributed by atoms with Crippen LogP contribution < -0.4 is 9.80 Å². The van der Waals surface area contributed by atoms with Crippen LogP contribution in [0, 0.1) is 11.8 Å². The Bertz CT molecular complexity index is 1380. The number of hydrogen-bond acceptors (Lipinski definition) is 5. The van der Waals surface area contributed by atoms with Crippen LogP contribution in [0.3, 0.4) is 0 Å². The lowest BCUT2D eigenvalue weighted by atomic mass is 9.70. The van der Waals surface area contributed by atoms with Crippen LogP contribution in [0.5, 0.6) is 0 Å². The SMILES string of the molecule is C=CCN(C(=O)[C@H]1[C@H]2C(=O)N(CCCCCO)C(C(=O)N(CC=C)c3ccccc3Cl)C23CC(Br)[C@@H]1S3)c1ccccc1. The monoisotopic (exact) mass is 685 g/mol. The van der Waals surface area contributed by atoms with Crippen molar-refractivity contribution in [2.45, 2.75) is 46.5 Å². The van der Waals surface area contributed by atoms with Crippen molar-refractivity contribution in [3.8, 4) is 0 Å². The van der Waals surface area contributed by atoms with E-state index in [1.165, 1.54) is 0 Å². The summed E-state index contributed by atoms with van der Waals surface area (Å²) in [5, 5.41) is 9.61. The molecule has 6 atom stereocenters. The number of anilines is 2. The van der Waals surface area contributed by atoms with E-state index in [0.717, 1.165) is 12.1 Å². The van der Waals surface area contributed by atoms with Gasteiger partial charge in [-0.1, -0.05) is 70.0 Å². The lowest BCUT2D eigenvalue weighted by molar-refractivity contribution is -0.139. The molecule has 1 N–H and O–H groups in total. The number of amides is 3. The lowest BCUT2D eigenvalue weighted by Crippen LogP contribution is -2.56. The molecule has 0 aliphatic carbocycles. The summed E-state index contributed by atoms with van der Waals surface area (Å²) in [7, 11) is 0. The summed E-state index contributed by atoms with van der Waals surface area (Å²) >= 11 is 12.1. The number of aliphatic hydroxyl groups is 1. The van der Waals surface area contributed by atoms with Gasteiger partial charge in [0, 0.05) is 42.0 Å². The highest BCUT2D eigenvalue weighted by molar-refractivity contribution is 9.09. The minimum absolute atomic E-state index is 0.0466. The quantitative estimate of drug-likeness (QED) is 0.166. The second-order valence-corrected chi connectivity index (χ2v) is 14.4. The van der Waals surface area contributed by atoms with Crippen molar-refractivity contribution in [2.24, 2.45) is 11.8 Å². The Balaban J connectivity index is 1.57. The highest BCUT2D eigenvalue weighted by atomic mass is 79.9.